The van der Waals surface area contributed by atoms with Gasteiger partial charge in [0.25, 0.3) is 0 Å². The van der Waals surface area contributed by atoms with Crippen LogP contribution in [0.15, 0.2) is 24.8 Å². The van der Waals surface area contributed by atoms with Gasteiger partial charge in [0.1, 0.15) is 5.75 Å². The fourth-order valence-corrected chi connectivity index (χ4v) is 2.81. The zero-order valence-electron chi connectivity index (χ0n) is 11.0. The zero-order chi connectivity index (χ0) is 12.5. The molecule has 0 N–H and O–H groups in total. The van der Waals surface area contributed by atoms with E-state index >= 15 is 0 Å². The molecule has 3 rings (SSSR count). The molecule has 0 spiro atoms. The Morgan fingerprint density at radius 3 is 2.61 bits per heavy atom. The summed E-state index contributed by atoms with van der Waals surface area (Å²) in [4.78, 5) is 0. The van der Waals surface area contributed by atoms with Gasteiger partial charge in [-0.05, 0) is 12.8 Å². The van der Waals surface area contributed by atoms with Crippen LogP contribution in [0.1, 0.15) is 31.7 Å². The first-order valence-electron chi connectivity index (χ1n) is 6.52. The Morgan fingerprint density at radius 1 is 1.22 bits per heavy atom. The van der Waals surface area contributed by atoms with Crippen molar-refractivity contribution >= 4 is 0 Å². The Balaban J connectivity index is 1.98. The van der Waals surface area contributed by atoms with Crippen LogP contribution in [-0.4, -0.2) is 21.5 Å². The number of rotatable bonds is 3. The molecule has 4 nitrogen and oxygen atoms in total. The van der Waals surface area contributed by atoms with Gasteiger partial charge in [-0.15, -0.1) is 0 Å². The van der Waals surface area contributed by atoms with E-state index in [9.17, 15) is 0 Å². The molecule has 0 saturated heterocycles. The molecule has 0 unspecified atom stereocenters. The van der Waals surface area contributed by atoms with Crippen LogP contribution in [0.4, 0.5) is 0 Å². The average Bonchev–Trinajstić information content (AvgIpc) is 3.07. The molecule has 1 aliphatic rings. The number of methoxy groups -OCH3 is 1. The van der Waals surface area contributed by atoms with Crippen molar-refractivity contribution in [2.75, 3.05) is 7.11 Å². The summed E-state index contributed by atoms with van der Waals surface area (Å²) < 4.78 is 9.63. The second-order valence-electron chi connectivity index (χ2n) is 5.03. The van der Waals surface area contributed by atoms with Crippen molar-refractivity contribution in [2.45, 2.75) is 31.7 Å². The number of ether oxygens (including phenoxy) is 1. The molecule has 0 aliphatic heterocycles. The van der Waals surface area contributed by atoms with Gasteiger partial charge in [-0.3, -0.25) is 4.68 Å². The predicted octanol–water partition coefficient (Wildman–Crippen LogP) is 3.01. The van der Waals surface area contributed by atoms with E-state index in [0.29, 0.717) is 6.04 Å². The van der Waals surface area contributed by atoms with Crippen LogP contribution < -0.4 is 4.74 Å². The maximum atomic E-state index is 5.49. The third-order valence-corrected chi connectivity index (χ3v) is 3.79. The first kappa shape index (κ1) is 11.4. The van der Waals surface area contributed by atoms with Crippen LogP contribution in [0.25, 0.3) is 11.1 Å². The van der Waals surface area contributed by atoms with Crippen molar-refractivity contribution in [3.05, 3.63) is 24.8 Å². The molecule has 18 heavy (non-hydrogen) atoms. The van der Waals surface area contributed by atoms with Gasteiger partial charge in [-0.2, -0.15) is 5.10 Å². The van der Waals surface area contributed by atoms with Crippen LogP contribution in [0.2, 0.25) is 0 Å². The summed E-state index contributed by atoms with van der Waals surface area (Å²) in [6.07, 6.45) is 13.5. The van der Waals surface area contributed by atoms with E-state index in [-0.39, 0.29) is 0 Å². The normalized spacial score (nSPS) is 16.3. The maximum absolute atomic E-state index is 5.49. The molecule has 4 heteroatoms. The number of hydrogen-bond acceptors (Lipinski definition) is 2. The minimum absolute atomic E-state index is 0.643. The fraction of sp³-hybridized carbons (Fsp3) is 0.500. The topological polar surface area (TPSA) is 32.0 Å². The molecular formula is C14H19N3O. The van der Waals surface area contributed by atoms with Gasteiger partial charge < -0.3 is 9.30 Å². The summed E-state index contributed by atoms with van der Waals surface area (Å²) in [5.74, 6) is 0.940. The average molecular weight is 245 g/mol. The third kappa shape index (κ3) is 1.92. The van der Waals surface area contributed by atoms with E-state index in [1.54, 1.807) is 7.11 Å². The minimum Gasteiger partial charge on any atom is -0.495 e. The largest absolute Gasteiger partial charge is 0.495 e. The second kappa shape index (κ2) is 4.52. The van der Waals surface area contributed by atoms with Gasteiger partial charge in [-0.25, -0.2) is 0 Å². The van der Waals surface area contributed by atoms with Gasteiger partial charge in [0.15, 0.2) is 0 Å². The summed E-state index contributed by atoms with van der Waals surface area (Å²) in [5.41, 5.74) is 2.25. The minimum atomic E-state index is 0.643. The quantitative estimate of drug-likeness (QED) is 0.832. The van der Waals surface area contributed by atoms with E-state index in [0.717, 1.165) is 16.9 Å². The lowest BCUT2D eigenvalue weighted by Crippen LogP contribution is -2.00. The van der Waals surface area contributed by atoms with Gasteiger partial charge in [0.2, 0.25) is 0 Å². The molecule has 0 atom stereocenters. The molecule has 0 aromatic carbocycles. The Morgan fingerprint density at radius 2 is 2.00 bits per heavy atom. The third-order valence-electron chi connectivity index (χ3n) is 3.79. The monoisotopic (exact) mass is 245 g/mol. The van der Waals surface area contributed by atoms with Crippen LogP contribution in [0.3, 0.4) is 0 Å². The molecule has 1 aliphatic carbocycles. The zero-order valence-corrected chi connectivity index (χ0v) is 11.0. The Kier molecular flexibility index (Phi) is 2.86. The highest BCUT2D eigenvalue weighted by Gasteiger charge is 2.19. The lowest BCUT2D eigenvalue weighted by molar-refractivity contribution is 0.412. The van der Waals surface area contributed by atoms with Crippen LogP contribution in [0, 0.1) is 0 Å². The molecule has 2 heterocycles. The summed E-state index contributed by atoms with van der Waals surface area (Å²) in [6.45, 7) is 0. The highest BCUT2D eigenvalue weighted by molar-refractivity contribution is 5.68. The highest BCUT2D eigenvalue weighted by atomic mass is 16.5. The van der Waals surface area contributed by atoms with Gasteiger partial charge in [0.05, 0.1) is 13.3 Å². The van der Waals surface area contributed by atoms with E-state index < -0.39 is 0 Å². The van der Waals surface area contributed by atoms with Crippen molar-refractivity contribution in [3.63, 3.8) is 0 Å². The molecule has 1 fully saturated rings. The smallest absolute Gasteiger partial charge is 0.144 e. The van der Waals surface area contributed by atoms with Crippen molar-refractivity contribution in [3.8, 4) is 16.9 Å². The van der Waals surface area contributed by atoms with Crippen LogP contribution >= 0.6 is 0 Å². The van der Waals surface area contributed by atoms with Crippen LogP contribution in [0.5, 0.6) is 5.75 Å². The molecule has 0 amide bonds. The van der Waals surface area contributed by atoms with E-state index in [1.165, 1.54) is 25.7 Å². The Hall–Kier alpha value is -1.71. The van der Waals surface area contributed by atoms with Crippen LogP contribution in [-0.2, 0) is 7.05 Å². The molecule has 0 radical (unpaired) electrons. The van der Waals surface area contributed by atoms with Crippen molar-refractivity contribution in [1.82, 2.24) is 14.3 Å². The number of hydrogen-bond donors (Lipinski definition) is 0. The van der Waals surface area contributed by atoms with Crippen molar-refractivity contribution in [2.24, 2.45) is 7.05 Å². The molecule has 2 aromatic rings. The van der Waals surface area contributed by atoms with Crippen molar-refractivity contribution < 1.29 is 4.74 Å². The summed E-state index contributed by atoms with van der Waals surface area (Å²) in [7, 11) is 3.66. The summed E-state index contributed by atoms with van der Waals surface area (Å²) in [5, 5.41) is 4.23. The molecule has 2 aromatic heterocycles. The van der Waals surface area contributed by atoms with Gasteiger partial charge in [0, 0.05) is 42.8 Å². The maximum Gasteiger partial charge on any atom is 0.144 e. The molecule has 0 bridgehead atoms. The van der Waals surface area contributed by atoms with E-state index in [1.807, 2.05) is 24.1 Å². The Labute approximate surface area is 107 Å². The lowest BCUT2D eigenvalue weighted by Gasteiger charge is -2.10. The molecular weight excluding hydrogens is 226 g/mol. The SMILES string of the molecule is COc1cn(C2CCCC2)cc1-c1cnn(C)c1. The fourth-order valence-electron chi connectivity index (χ4n) is 2.81. The first-order valence-corrected chi connectivity index (χ1v) is 6.52. The standard InChI is InChI=1S/C14H19N3O/c1-16-8-11(7-15-16)13-9-17(10-14(13)18-2)12-5-3-4-6-12/h7-10,12H,3-6H2,1-2H3. The predicted molar refractivity (Wildman–Crippen MR) is 70.7 cm³/mol. The Bertz CT molecular complexity index is 535. The van der Waals surface area contributed by atoms with Gasteiger partial charge >= 0.3 is 0 Å². The second-order valence-corrected chi connectivity index (χ2v) is 5.03. The van der Waals surface area contributed by atoms with Crippen molar-refractivity contribution in [1.29, 1.82) is 0 Å². The van der Waals surface area contributed by atoms with E-state index in [4.69, 9.17) is 4.74 Å². The summed E-state index contributed by atoms with van der Waals surface area (Å²) >= 11 is 0. The first-order chi connectivity index (χ1) is 8.78. The highest BCUT2D eigenvalue weighted by Crippen LogP contribution is 2.36. The number of nitrogens with zero attached hydrogens (tertiary/aromatic N) is 3. The number of aryl methyl sites for hydroxylation is 1. The van der Waals surface area contributed by atoms with E-state index in [2.05, 4.69) is 22.1 Å². The summed E-state index contributed by atoms with van der Waals surface area (Å²) in [6, 6.07) is 0.643. The lowest BCUT2D eigenvalue weighted by atomic mass is 10.2. The molecule has 96 valence electrons. The van der Waals surface area contributed by atoms with Gasteiger partial charge in [-0.1, -0.05) is 12.8 Å². The number of aromatic nitrogens is 3. The molecule has 1 saturated carbocycles.